The second-order valence-corrected chi connectivity index (χ2v) is 28.5. The van der Waals surface area contributed by atoms with Crippen LogP contribution in [0.1, 0.15) is 114 Å². The number of hydrogen-bond acceptors (Lipinski definition) is 14. The van der Waals surface area contributed by atoms with Crippen molar-refractivity contribution in [2.75, 3.05) is 0 Å². The zero-order valence-electron chi connectivity index (χ0n) is 67.0. The lowest BCUT2D eigenvalue weighted by Gasteiger charge is -2.15. The van der Waals surface area contributed by atoms with Gasteiger partial charge in [0, 0.05) is 66.4 Å². The number of aryl methyl sites for hydroxylation is 15. The minimum absolute atomic E-state index is 0.149. The SMILES string of the molecule is Cc1ccc(C)cc1.Cc1ccc(C)nc1.Cc1ccc(Oc2ccc(C3=Nc4ccc(Oc5ccc6nc(C)[nH]c6c5)cc4C3)cc2)cc1.Cc1ccc2nc(C)[nH]c2c1.Cc1cccc(C)c1.Cc1cccc(C)n1.Cc1cccc(C2=Nc3ccc(OC4=CC5=NC(C)NC5C=C4)cc3C2)n1.Cc1cnc(C)cn1. The molecule has 3 N–H and O–H groups in total. The van der Waals surface area contributed by atoms with Gasteiger partial charge in [0.25, 0.3) is 0 Å². The number of H-pyrrole nitrogens is 2. The largest absolute Gasteiger partial charge is 0.457 e. The van der Waals surface area contributed by atoms with E-state index in [0.29, 0.717) is 0 Å². The van der Waals surface area contributed by atoms with Crippen LogP contribution in [0.25, 0.3) is 22.1 Å². The summed E-state index contributed by atoms with van der Waals surface area (Å²) in [5.74, 6) is 6.71. The molecule has 0 fully saturated rings. The predicted octanol–water partition coefficient (Wildman–Crippen LogP) is 22.4. The number of ether oxygens (including phenoxy) is 3. The van der Waals surface area contributed by atoms with Gasteiger partial charge >= 0.3 is 0 Å². The lowest BCUT2D eigenvalue weighted by molar-refractivity contribution is 0.443. The maximum atomic E-state index is 6.13. The number of aromatic amines is 2. The average Bonchev–Trinajstić information content (AvgIpc) is 1.66. The van der Waals surface area contributed by atoms with Crippen LogP contribution in [0.4, 0.5) is 11.4 Å². The standard InChI is InChI=1S/C29H23N3O2.C22H20N4O.C9H10N2.2C8H10.2C7H9N.C6H8N2/c1-18-3-7-22(8-4-18)33-23-9-5-20(6-10-23)28-16-21-15-24(11-13-26(21)32-28)34-25-12-14-27-29(17-25)31-19(2)30-27;1-13-4-3-5-19(23-13)21-11-15-10-16(6-8-18(15)26-21)27-17-7-9-20-22(12-17)25-14(2)24-20;1-6-3-4-8-9(5-6)11-7(2)10-8;1-7-3-5-8(2)6-4-7;1-7-4-3-5-8(2)6-7;1-6-3-4-7(2)8-5-6;1-6-4-3-5-7(2)8-6;1-5-3-8-6(2)4-7-5/h3-15,17H,16H2,1-2H3,(H,30,31);3-10,12,14,20,24H,11H2,1-2H3;3-5H,1-2H3,(H,10,11);2*3-6H,1-2H3;2*3-5H,1-2H3;3-4H,1-2H3. The van der Waals surface area contributed by atoms with Crippen molar-refractivity contribution < 1.29 is 14.2 Å². The van der Waals surface area contributed by atoms with Gasteiger partial charge in [0.05, 0.1) is 79.9 Å². The van der Waals surface area contributed by atoms with E-state index in [1.165, 1.54) is 38.9 Å². The molecule has 0 saturated carbocycles. The van der Waals surface area contributed by atoms with E-state index in [1.807, 2.05) is 208 Å². The molecular weight excluding hydrogens is 1380 g/mol. The van der Waals surface area contributed by atoms with E-state index < -0.39 is 0 Å². The van der Waals surface area contributed by atoms with Crippen LogP contribution in [0, 0.1) is 104 Å². The monoisotopic (exact) mass is 1480 g/mol. The third-order valence-electron chi connectivity index (χ3n) is 18.0. The van der Waals surface area contributed by atoms with Gasteiger partial charge < -0.3 is 24.2 Å². The number of aromatic nitrogens is 9. The van der Waals surface area contributed by atoms with Gasteiger partial charge in [-0.1, -0.05) is 119 Å². The van der Waals surface area contributed by atoms with Gasteiger partial charge in [0.15, 0.2) is 0 Å². The first-order valence-electron chi connectivity index (χ1n) is 37.7. The van der Waals surface area contributed by atoms with Crippen LogP contribution in [0.5, 0.6) is 28.7 Å². The first-order valence-corrected chi connectivity index (χ1v) is 37.7. The maximum Gasteiger partial charge on any atom is 0.129 e. The highest BCUT2D eigenvalue weighted by Crippen LogP contribution is 2.36. The van der Waals surface area contributed by atoms with Crippen LogP contribution in [0.2, 0.25) is 0 Å². The summed E-state index contributed by atoms with van der Waals surface area (Å²) in [6, 6.07) is 73.6. The van der Waals surface area contributed by atoms with Crippen molar-refractivity contribution in [3.8, 4) is 28.7 Å². The number of nitrogens with zero attached hydrogens (tertiary/aromatic N) is 10. The Morgan fingerprint density at radius 3 is 1.35 bits per heavy atom. The number of rotatable bonds is 8. The van der Waals surface area contributed by atoms with Crippen molar-refractivity contribution in [2.45, 2.75) is 136 Å². The summed E-state index contributed by atoms with van der Waals surface area (Å²) in [6.07, 6.45) is 13.2. The molecule has 0 bridgehead atoms. The molecule has 16 nitrogen and oxygen atoms in total. The lowest BCUT2D eigenvalue weighted by Crippen LogP contribution is -2.32. The molecule has 16 heteroatoms. The van der Waals surface area contributed by atoms with Crippen molar-refractivity contribution in [3.05, 3.63) is 368 Å². The van der Waals surface area contributed by atoms with Crippen LogP contribution < -0.4 is 19.5 Å². The predicted molar refractivity (Wildman–Crippen MR) is 458 cm³/mol. The first kappa shape index (κ1) is 80.1. The Bertz CT molecular complexity index is 5410. The number of nitrogens with one attached hydrogen (secondary N) is 3. The normalized spacial score (nSPS) is 13.6. The molecule has 6 aromatic heterocycles. The summed E-state index contributed by atoms with van der Waals surface area (Å²) in [7, 11) is 0. The molecule has 2 atom stereocenters. The molecule has 0 amide bonds. The number of allylic oxidation sites excluding steroid dienone is 1. The number of benzene rings is 8. The molecule has 14 aromatic rings. The third kappa shape index (κ3) is 24.3. The van der Waals surface area contributed by atoms with Crippen LogP contribution in [0.3, 0.4) is 0 Å². The van der Waals surface area contributed by atoms with Gasteiger partial charge in [-0.15, -0.1) is 0 Å². The molecule has 4 aliphatic rings. The zero-order chi connectivity index (χ0) is 79.2. The Kier molecular flexibility index (Phi) is 27.5. The van der Waals surface area contributed by atoms with Gasteiger partial charge in [0.1, 0.15) is 46.2 Å². The number of imidazole rings is 2. The summed E-state index contributed by atoms with van der Waals surface area (Å²) in [5, 5.41) is 3.39. The number of pyridine rings is 3. The minimum atomic E-state index is 0.149. The summed E-state index contributed by atoms with van der Waals surface area (Å²) in [5.41, 5.74) is 28.7. The van der Waals surface area contributed by atoms with Crippen molar-refractivity contribution >= 4 is 50.6 Å². The number of fused-ring (bicyclic) bond motifs is 5. The highest BCUT2D eigenvalue weighted by atomic mass is 16.5. The Morgan fingerprint density at radius 2 is 0.812 bits per heavy atom. The Morgan fingerprint density at radius 1 is 0.357 bits per heavy atom. The molecule has 0 radical (unpaired) electrons. The van der Waals surface area contributed by atoms with Crippen molar-refractivity contribution in [1.82, 2.24) is 50.2 Å². The molecule has 566 valence electrons. The molecule has 1 aliphatic carbocycles. The van der Waals surface area contributed by atoms with Crippen molar-refractivity contribution in [3.63, 3.8) is 0 Å². The highest BCUT2D eigenvalue weighted by Gasteiger charge is 2.25. The zero-order valence-corrected chi connectivity index (χ0v) is 67.0. The molecule has 18 rings (SSSR count). The van der Waals surface area contributed by atoms with Gasteiger partial charge in [-0.05, 0) is 272 Å². The molecule has 9 heterocycles. The van der Waals surface area contributed by atoms with E-state index in [9.17, 15) is 0 Å². The Balaban J connectivity index is 0.000000139. The molecule has 8 aromatic carbocycles. The van der Waals surface area contributed by atoms with E-state index >= 15 is 0 Å². The minimum Gasteiger partial charge on any atom is -0.457 e. The highest BCUT2D eigenvalue weighted by molar-refractivity contribution is 6.07. The maximum absolute atomic E-state index is 6.13. The fourth-order valence-corrected chi connectivity index (χ4v) is 12.2. The smallest absolute Gasteiger partial charge is 0.129 e. The van der Waals surface area contributed by atoms with E-state index in [1.54, 1.807) is 12.4 Å². The van der Waals surface area contributed by atoms with Gasteiger partial charge in [0.2, 0.25) is 0 Å². The lowest BCUT2D eigenvalue weighted by atomic mass is 10.0. The third-order valence-corrected chi connectivity index (χ3v) is 18.0. The summed E-state index contributed by atoms with van der Waals surface area (Å²) in [6.45, 7) is 32.4. The molecular formula is C96H99N13O3. The fraction of sp³-hybridized carbons (Fsp3) is 0.208. The van der Waals surface area contributed by atoms with Crippen LogP contribution in [-0.2, 0) is 12.8 Å². The first-order chi connectivity index (χ1) is 53.9. The molecule has 0 spiro atoms. The topological polar surface area (TPSA) is 199 Å². The second kappa shape index (κ2) is 38.4. The van der Waals surface area contributed by atoms with Gasteiger partial charge in [-0.2, -0.15) is 0 Å². The number of aliphatic imine (C=N–C) groups is 3. The average molecular weight is 1480 g/mol. The van der Waals surface area contributed by atoms with Crippen molar-refractivity contribution in [1.29, 1.82) is 0 Å². The molecule has 0 saturated heterocycles. The van der Waals surface area contributed by atoms with E-state index in [4.69, 9.17) is 24.2 Å². The van der Waals surface area contributed by atoms with E-state index in [2.05, 4.69) is 201 Å². The second-order valence-electron chi connectivity index (χ2n) is 28.5. The fourth-order valence-electron chi connectivity index (χ4n) is 12.2. The van der Waals surface area contributed by atoms with Crippen molar-refractivity contribution in [2.24, 2.45) is 15.0 Å². The van der Waals surface area contributed by atoms with Gasteiger partial charge in [-0.25, -0.2) is 9.97 Å². The van der Waals surface area contributed by atoms with E-state index in [0.717, 1.165) is 166 Å². The van der Waals surface area contributed by atoms with Crippen LogP contribution in [-0.4, -0.2) is 74.2 Å². The molecule has 3 aliphatic heterocycles. The molecule has 2 unspecified atom stereocenters. The summed E-state index contributed by atoms with van der Waals surface area (Å²) >= 11 is 0. The molecule has 112 heavy (non-hydrogen) atoms. The van der Waals surface area contributed by atoms with E-state index in [-0.39, 0.29) is 12.2 Å². The Labute approximate surface area is 658 Å². The van der Waals surface area contributed by atoms with Gasteiger partial charge in [-0.3, -0.25) is 45.2 Å². The van der Waals surface area contributed by atoms with Crippen LogP contribution in [0.15, 0.2) is 276 Å². The number of hydrogen-bond donors (Lipinski definition) is 3. The van der Waals surface area contributed by atoms with Crippen LogP contribution >= 0.6 is 0 Å². The summed E-state index contributed by atoms with van der Waals surface area (Å²) in [4.78, 5) is 50.2. The Hall–Kier alpha value is -12.9. The quantitative estimate of drug-likeness (QED) is 0.131. The summed E-state index contributed by atoms with van der Waals surface area (Å²) < 4.78 is 18.2.